The third-order valence-electron chi connectivity index (χ3n) is 3.20. The molecule has 7 nitrogen and oxygen atoms in total. The van der Waals surface area contributed by atoms with Crippen LogP contribution in [0, 0.1) is 0 Å². The summed E-state index contributed by atoms with van der Waals surface area (Å²) in [6.07, 6.45) is -0.325. The molecule has 0 bridgehead atoms. The lowest BCUT2D eigenvalue weighted by molar-refractivity contribution is -0.0420. The van der Waals surface area contributed by atoms with Crippen molar-refractivity contribution < 1.29 is 18.3 Å². The molecule has 1 aromatic carbocycles. The molecule has 2 unspecified atom stereocenters. The quantitative estimate of drug-likeness (QED) is 0.648. The first-order chi connectivity index (χ1) is 9.31. The van der Waals surface area contributed by atoms with Gasteiger partial charge in [-0.15, -0.1) is 0 Å². The van der Waals surface area contributed by atoms with Crippen molar-refractivity contribution in [1.82, 2.24) is 0 Å². The molecule has 0 aromatic heterocycles. The number of nitrogens with two attached hydrogens (primary N) is 2. The molecular formula is C12H19N3O4S. The zero-order valence-corrected chi connectivity index (χ0v) is 12.0. The maximum Gasteiger partial charge on any atom is 0.238 e. The largest absolute Gasteiger partial charge is 0.397 e. The van der Waals surface area contributed by atoms with Gasteiger partial charge < -0.3 is 20.5 Å². The maximum absolute atomic E-state index is 11.3. The van der Waals surface area contributed by atoms with Crippen LogP contribution in [-0.2, 0) is 14.8 Å². The van der Waals surface area contributed by atoms with Crippen molar-refractivity contribution in [3.05, 3.63) is 18.2 Å². The number of primary sulfonamides is 1. The van der Waals surface area contributed by atoms with Gasteiger partial charge in [-0.2, -0.15) is 0 Å². The first-order valence-corrected chi connectivity index (χ1v) is 7.79. The third-order valence-corrected chi connectivity index (χ3v) is 4.11. The summed E-state index contributed by atoms with van der Waals surface area (Å²) in [7, 11) is -3.76. The summed E-state index contributed by atoms with van der Waals surface area (Å²) < 4.78 is 28.1. The molecule has 5 N–H and O–H groups in total. The molecule has 1 saturated heterocycles. The number of aliphatic hydroxyl groups excluding tert-OH is 1. The molecule has 1 aliphatic rings. The van der Waals surface area contributed by atoms with E-state index in [1.807, 2.05) is 11.8 Å². The van der Waals surface area contributed by atoms with Crippen LogP contribution in [0.2, 0.25) is 0 Å². The van der Waals surface area contributed by atoms with E-state index in [2.05, 4.69) is 0 Å². The minimum atomic E-state index is -3.76. The Hall–Kier alpha value is -1.35. The van der Waals surface area contributed by atoms with E-state index >= 15 is 0 Å². The number of benzene rings is 1. The first-order valence-electron chi connectivity index (χ1n) is 6.25. The Bertz CT molecular complexity index is 590. The van der Waals surface area contributed by atoms with E-state index in [-0.39, 0.29) is 23.7 Å². The molecular weight excluding hydrogens is 282 g/mol. The van der Waals surface area contributed by atoms with Crippen molar-refractivity contribution in [2.45, 2.75) is 24.0 Å². The third kappa shape index (κ3) is 3.21. The van der Waals surface area contributed by atoms with E-state index in [0.29, 0.717) is 24.5 Å². The molecule has 1 aliphatic heterocycles. The minimum absolute atomic E-state index is 0.0150. The van der Waals surface area contributed by atoms with Crippen molar-refractivity contribution in [3.8, 4) is 0 Å². The molecule has 0 radical (unpaired) electrons. The number of sulfonamides is 1. The zero-order chi connectivity index (χ0) is 14.9. The van der Waals surface area contributed by atoms with E-state index in [1.54, 1.807) is 6.07 Å². The number of rotatable bonds is 3. The molecule has 112 valence electrons. The number of hydrogen-bond donors (Lipinski definition) is 3. The van der Waals surface area contributed by atoms with E-state index in [4.69, 9.17) is 15.6 Å². The second kappa shape index (κ2) is 5.57. The highest BCUT2D eigenvalue weighted by Gasteiger charge is 2.26. The summed E-state index contributed by atoms with van der Waals surface area (Å²) in [6, 6.07) is 4.40. The predicted molar refractivity (Wildman–Crippen MR) is 75.9 cm³/mol. The standard InChI is InChI=1S/C12H19N3O4S/c1-8-5-15(6-9(7-16)19-8)12-3-2-10(4-11(12)13)20(14,17)18/h2-4,8-9,16H,5-7,13H2,1H3,(H2,14,17,18). The van der Waals surface area contributed by atoms with Crippen LogP contribution in [0.25, 0.3) is 0 Å². The van der Waals surface area contributed by atoms with Crippen molar-refractivity contribution in [2.75, 3.05) is 30.3 Å². The van der Waals surface area contributed by atoms with Gasteiger partial charge in [-0.25, -0.2) is 13.6 Å². The van der Waals surface area contributed by atoms with E-state index in [0.717, 1.165) is 0 Å². The Kier molecular flexibility index (Phi) is 4.19. The fraction of sp³-hybridized carbons (Fsp3) is 0.500. The van der Waals surface area contributed by atoms with Crippen molar-refractivity contribution >= 4 is 21.4 Å². The predicted octanol–water partition coefficient (Wildman–Crippen LogP) is -0.498. The Morgan fingerprint density at radius 3 is 2.70 bits per heavy atom. The van der Waals surface area contributed by atoms with Gasteiger partial charge in [0.2, 0.25) is 10.0 Å². The number of anilines is 2. The lowest BCUT2D eigenvalue weighted by Gasteiger charge is -2.38. The van der Waals surface area contributed by atoms with Crippen molar-refractivity contribution in [2.24, 2.45) is 5.14 Å². The Labute approximate surface area is 118 Å². The molecule has 8 heteroatoms. The number of ether oxygens (including phenoxy) is 1. The molecule has 0 spiro atoms. The number of aliphatic hydroxyl groups is 1. The van der Waals surface area contributed by atoms with Gasteiger partial charge in [0.1, 0.15) is 0 Å². The fourth-order valence-corrected chi connectivity index (χ4v) is 2.89. The fourth-order valence-electron chi connectivity index (χ4n) is 2.34. The van der Waals surface area contributed by atoms with Gasteiger partial charge >= 0.3 is 0 Å². The summed E-state index contributed by atoms with van der Waals surface area (Å²) in [6.45, 7) is 2.95. The van der Waals surface area contributed by atoms with Crippen LogP contribution in [0.1, 0.15) is 6.92 Å². The lowest BCUT2D eigenvalue weighted by atomic mass is 10.1. The van der Waals surface area contributed by atoms with Crippen LogP contribution in [0.5, 0.6) is 0 Å². The zero-order valence-electron chi connectivity index (χ0n) is 11.2. The van der Waals surface area contributed by atoms with Crippen LogP contribution in [0.4, 0.5) is 11.4 Å². The monoisotopic (exact) mass is 301 g/mol. The highest BCUT2D eigenvalue weighted by atomic mass is 32.2. The normalized spacial score (nSPS) is 23.9. The number of nitrogens with zero attached hydrogens (tertiary/aromatic N) is 1. The topological polar surface area (TPSA) is 119 Å². The van der Waals surface area contributed by atoms with Crippen molar-refractivity contribution in [3.63, 3.8) is 0 Å². The Balaban J connectivity index is 2.29. The van der Waals surface area contributed by atoms with Crippen LogP contribution < -0.4 is 15.8 Å². The second-order valence-corrected chi connectivity index (χ2v) is 6.48. The molecule has 0 saturated carbocycles. The van der Waals surface area contributed by atoms with Gasteiger partial charge in [0.05, 0.1) is 35.1 Å². The highest BCUT2D eigenvalue weighted by molar-refractivity contribution is 7.89. The summed E-state index contributed by atoms with van der Waals surface area (Å²) >= 11 is 0. The molecule has 1 fully saturated rings. The molecule has 1 aromatic rings. The van der Waals surface area contributed by atoms with Crippen LogP contribution >= 0.6 is 0 Å². The summed E-state index contributed by atoms with van der Waals surface area (Å²) in [4.78, 5) is 1.95. The van der Waals surface area contributed by atoms with E-state index in [9.17, 15) is 13.5 Å². The lowest BCUT2D eigenvalue weighted by Crippen LogP contribution is -2.48. The molecule has 0 amide bonds. The van der Waals surface area contributed by atoms with E-state index in [1.165, 1.54) is 12.1 Å². The highest BCUT2D eigenvalue weighted by Crippen LogP contribution is 2.28. The van der Waals surface area contributed by atoms with Crippen LogP contribution in [-0.4, -0.2) is 45.4 Å². The molecule has 0 aliphatic carbocycles. The average molecular weight is 301 g/mol. The van der Waals surface area contributed by atoms with Gasteiger partial charge in [-0.3, -0.25) is 0 Å². The smallest absolute Gasteiger partial charge is 0.238 e. The van der Waals surface area contributed by atoms with Crippen LogP contribution in [0.15, 0.2) is 23.1 Å². The number of morpholine rings is 1. The molecule has 2 rings (SSSR count). The maximum atomic E-state index is 11.3. The summed E-state index contributed by atoms with van der Waals surface area (Å²) in [5.41, 5.74) is 6.97. The van der Waals surface area contributed by atoms with Crippen LogP contribution in [0.3, 0.4) is 0 Å². The second-order valence-electron chi connectivity index (χ2n) is 4.92. The first kappa shape index (κ1) is 15.0. The molecule has 1 heterocycles. The number of nitrogen functional groups attached to an aromatic ring is 1. The van der Waals surface area contributed by atoms with Gasteiger partial charge in [0, 0.05) is 13.1 Å². The van der Waals surface area contributed by atoms with Gasteiger partial charge in [-0.1, -0.05) is 0 Å². The Morgan fingerprint density at radius 1 is 1.45 bits per heavy atom. The van der Waals surface area contributed by atoms with Gasteiger partial charge in [0.15, 0.2) is 0 Å². The summed E-state index contributed by atoms with van der Waals surface area (Å²) in [5.74, 6) is 0. The van der Waals surface area contributed by atoms with Gasteiger partial charge in [-0.05, 0) is 25.1 Å². The average Bonchev–Trinajstić information content (AvgIpc) is 2.36. The number of hydrogen-bond acceptors (Lipinski definition) is 6. The van der Waals surface area contributed by atoms with Crippen molar-refractivity contribution in [1.29, 1.82) is 0 Å². The molecule has 2 atom stereocenters. The Morgan fingerprint density at radius 2 is 2.15 bits per heavy atom. The minimum Gasteiger partial charge on any atom is -0.397 e. The van der Waals surface area contributed by atoms with Gasteiger partial charge in [0.25, 0.3) is 0 Å². The molecule has 20 heavy (non-hydrogen) atoms. The van der Waals surface area contributed by atoms with E-state index < -0.39 is 10.0 Å². The summed E-state index contributed by atoms with van der Waals surface area (Å²) in [5, 5.41) is 14.3. The SMILES string of the molecule is CC1CN(c2ccc(S(N)(=O)=O)cc2N)CC(CO)O1.